The zero-order valence-corrected chi connectivity index (χ0v) is 19.4. The van der Waals surface area contributed by atoms with Crippen LogP contribution >= 0.6 is 11.3 Å². The van der Waals surface area contributed by atoms with Gasteiger partial charge in [-0.2, -0.15) is 0 Å². The molecule has 0 aliphatic rings. The third-order valence-electron chi connectivity index (χ3n) is 5.34. The Morgan fingerprint density at radius 2 is 1.56 bits per heavy atom. The van der Waals surface area contributed by atoms with E-state index in [1.54, 1.807) is 6.92 Å². The van der Waals surface area contributed by atoms with E-state index in [9.17, 15) is 9.59 Å². The first-order valence-corrected chi connectivity index (χ1v) is 11.3. The maximum absolute atomic E-state index is 12.9. The van der Waals surface area contributed by atoms with E-state index in [1.807, 2.05) is 75.4 Å². The van der Waals surface area contributed by atoms with Crippen molar-refractivity contribution in [2.75, 3.05) is 10.6 Å². The van der Waals surface area contributed by atoms with Gasteiger partial charge in [0.1, 0.15) is 4.88 Å². The van der Waals surface area contributed by atoms with Crippen molar-refractivity contribution < 1.29 is 9.59 Å². The third kappa shape index (κ3) is 4.70. The van der Waals surface area contributed by atoms with Crippen molar-refractivity contribution in [2.24, 2.45) is 0 Å². The van der Waals surface area contributed by atoms with E-state index < -0.39 is 0 Å². The second kappa shape index (κ2) is 8.93. The zero-order valence-electron chi connectivity index (χ0n) is 18.6. The lowest BCUT2D eigenvalue weighted by Crippen LogP contribution is -2.14. The molecule has 0 atom stereocenters. The summed E-state index contributed by atoms with van der Waals surface area (Å²) in [4.78, 5) is 30.3. The molecular weight excluding hydrogens is 418 g/mol. The van der Waals surface area contributed by atoms with Crippen molar-refractivity contribution in [1.29, 1.82) is 0 Å². The lowest BCUT2D eigenvalue weighted by Gasteiger charge is -2.12. The molecule has 0 spiro atoms. The zero-order chi connectivity index (χ0) is 22.8. The Balaban J connectivity index is 1.45. The first kappa shape index (κ1) is 21.7. The monoisotopic (exact) mass is 443 g/mol. The Morgan fingerprint density at radius 3 is 2.28 bits per heavy atom. The predicted octanol–water partition coefficient (Wildman–Crippen LogP) is 5.96. The van der Waals surface area contributed by atoms with Gasteiger partial charge in [-0.1, -0.05) is 71.5 Å². The molecule has 5 nitrogen and oxygen atoms in total. The van der Waals surface area contributed by atoms with E-state index in [1.165, 1.54) is 11.3 Å². The van der Waals surface area contributed by atoms with Gasteiger partial charge in [0.15, 0.2) is 5.13 Å². The molecule has 4 aromatic rings. The second-order valence-corrected chi connectivity index (χ2v) is 9.07. The number of rotatable bonds is 5. The smallest absolute Gasteiger partial charge is 0.267 e. The molecule has 4 rings (SSSR count). The Labute approximate surface area is 191 Å². The normalized spacial score (nSPS) is 10.9. The Hall–Kier alpha value is -3.51. The minimum Gasteiger partial charge on any atom is -0.321 e. The van der Waals surface area contributed by atoms with Crippen LogP contribution in [0, 0.1) is 27.7 Å². The molecule has 1 aromatic heterocycles. The van der Waals surface area contributed by atoms with Crippen LogP contribution in [0.5, 0.6) is 0 Å². The summed E-state index contributed by atoms with van der Waals surface area (Å²) < 4.78 is 0. The van der Waals surface area contributed by atoms with Gasteiger partial charge >= 0.3 is 0 Å². The highest BCUT2D eigenvalue weighted by molar-refractivity contribution is 7.17. The Bertz CT molecular complexity index is 1320. The summed E-state index contributed by atoms with van der Waals surface area (Å²) in [5, 5.41) is 8.51. The van der Waals surface area contributed by atoms with Crippen molar-refractivity contribution in [1.82, 2.24) is 4.98 Å². The number of aryl methyl sites for hydroxylation is 4. The van der Waals surface area contributed by atoms with Crippen LogP contribution in [0.15, 0.2) is 54.6 Å². The van der Waals surface area contributed by atoms with Crippen molar-refractivity contribution in [3.05, 3.63) is 87.4 Å². The minimum absolute atomic E-state index is 0.161. The number of hydrogen-bond acceptors (Lipinski definition) is 4. The molecule has 2 N–H and O–H groups in total. The summed E-state index contributed by atoms with van der Waals surface area (Å²) in [5.74, 6) is -0.378. The summed E-state index contributed by atoms with van der Waals surface area (Å²) in [7, 11) is 0. The molecule has 1 heterocycles. The highest BCUT2D eigenvalue weighted by Crippen LogP contribution is 2.27. The maximum Gasteiger partial charge on any atom is 0.267 e. The third-order valence-corrected chi connectivity index (χ3v) is 6.41. The molecule has 0 saturated carbocycles. The molecule has 0 radical (unpaired) electrons. The molecule has 2 amide bonds. The molecule has 0 aliphatic carbocycles. The standard InChI is InChI=1S/C26H25N3O2S/c1-15-11-16(2)23(17(3)12-15)29-25(31)24-18(4)27-26(32-24)28-22(30)14-19-9-10-20-7-5-6-8-21(20)13-19/h5-13H,14H2,1-4H3,(H,29,31)(H,27,28,30). The maximum atomic E-state index is 12.9. The average Bonchev–Trinajstić information content (AvgIpc) is 3.10. The van der Waals surface area contributed by atoms with Crippen molar-refractivity contribution in [2.45, 2.75) is 34.1 Å². The fourth-order valence-corrected chi connectivity index (χ4v) is 4.78. The fraction of sp³-hybridized carbons (Fsp3) is 0.192. The number of anilines is 2. The number of thiazole rings is 1. The van der Waals surface area contributed by atoms with Crippen LogP contribution in [-0.4, -0.2) is 16.8 Å². The van der Waals surface area contributed by atoms with Crippen molar-refractivity contribution >= 4 is 44.7 Å². The summed E-state index contributed by atoms with van der Waals surface area (Å²) in [5.41, 5.74) is 5.52. The summed E-state index contributed by atoms with van der Waals surface area (Å²) in [6, 6.07) is 18.1. The van der Waals surface area contributed by atoms with Gasteiger partial charge in [-0.15, -0.1) is 0 Å². The van der Waals surface area contributed by atoms with Crippen molar-refractivity contribution in [3.8, 4) is 0 Å². The molecule has 6 heteroatoms. The highest BCUT2D eigenvalue weighted by atomic mass is 32.1. The molecule has 32 heavy (non-hydrogen) atoms. The number of carbonyl (C=O) groups is 2. The first-order chi connectivity index (χ1) is 15.3. The quantitative estimate of drug-likeness (QED) is 0.400. The second-order valence-electron chi connectivity index (χ2n) is 8.07. The molecule has 162 valence electrons. The number of carbonyl (C=O) groups excluding carboxylic acids is 2. The Morgan fingerprint density at radius 1 is 0.875 bits per heavy atom. The van der Waals surface area contributed by atoms with Crippen LogP contribution in [-0.2, 0) is 11.2 Å². The molecule has 0 bridgehead atoms. The van der Waals surface area contributed by atoms with Gasteiger partial charge < -0.3 is 10.6 Å². The highest BCUT2D eigenvalue weighted by Gasteiger charge is 2.18. The topological polar surface area (TPSA) is 71.1 Å². The van der Waals surface area contributed by atoms with Gasteiger partial charge in [-0.3, -0.25) is 9.59 Å². The molecule has 0 fully saturated rings. The number of aromatic nitrogens is 1. The van der Waals surface area contributed by atoms with Crippen LogP contribution in [0.25, 0.3) is 10.8 Å². The molecular formula is C26H25N3O2S. The van der Waals surface area contributed by atoms with E-state index in [0.29, 0.717) is 15.7 Å². The van der Waals surface area contributed by atoms with E-state index in [4.69, 9.17) is 0 Å². The summed E-state index contributed by atoms with van der Waals surface area (Å²) in [6.45, 7) is 7.77. The minimum atomic E-state index is -0.218. The van der Waals surface area contributed by atoms with Crippen LogP contribution in [0.3, 0.4) is 0 Å². The first-order valence-electron chi connectivity index (χ1n) is 10.4. The molecule has 0 unspecified atom stereocenters. The van der Waals surface area contributed by atoms with Crippen LogP contribution in [0.4, 0.5) is 10.8 Å². The Kier molecular flexibility index (Phi) is 6.06. The van der Waals surface area contributed by atoms with Gasteiger partial charge in [-0.25, -0.2) is 4.98 Å². The summed E-state index contributed by atoms with van der Waals surface area (Å²) in [6.07, 6.45) is 0.243. The number of amides is 2. The molecule has 0 saturated heterocycles. The number of fused-ring (bicyclic) bond motifs is 1. The van der Waals surface area contributed by atoms with Crippen LogP contribution in [0.2, 0.25) is 0 Å². The van der Waals surface area contributed by atoms with Gasteiger partial charge in [0.2, 0.25) is 5.91 Å². The van der Waals surface area contributed by atoms with E-state index >= 15 is 0 Å². The number of nitrogens with zero attached hydrogens (tertiary/aromatic N) is 1. The van der Waals surface area contributed by atoms with Gasteiger partial charge in [0, 0.05) is 5.69 Å². The largest absolute Gasteiger partial charge is 0.321 e. The number of nitrogens with one attached hydrogen (secondary N) is 2. The lowest BCUT2D eigenvalue weighted by molar-refractivity contribution is -0.115. The van der Waals surface area contributed by atoms with Crippen LogP contribution in [0.1, 0.15) is 37.6 Å². The summed E-state index contributed by atoms with van der Waals surface area (Å²) >= 11 is 1.19. The van der Waals surface area contributed by atoms with Crippen LogP contribution < -0.4 is 10.6 Å². The van der Waals surface area contributed by atoms with E-state index in [2.05, 4.69) is 15.6 Å². The van der Waals surface area contributed by atoms with E-state index in [-0.39, 0.29) is 18.2 Å². The van der Waals surface area contributed by atoms with E-state index in [0.717, 1.165) is 38.7 Å². The predicted molar refractivity (Wildman–Crippen MR) is 132 cm³/mol. The number of benzene rings is 3. The van der Waals surface area contributed by atoms with Crippen molar-refractivity contribution in [3.63, 3.8) is 0 Å². The van der Waals surface area contributed by atoms with Gasteiger partial charge in [0.05, 0.1) is 12.1 Å². The molecule has 0 aliphatic heterocycles. The van der Waals surface area contributed by atoms with Gasteiger partial charge in [-0.05, 0) is 55.2 Å². The average molecular weight is 444 g/mol. The fourth-order valence-electron chi connectivity index (χ4n) is 3.91. The lowest BCUT2D eigenvalue weighted by atomic mass is 10.1. The molecule has 3 aromatic carbocycles. The number of hydrogen-bond donors (Lipinski definition) is 2. The SMILES string of the molecule is Cc1cc(C)c(NC(=O)c2sc(NC(=O)Cc3ccc4ccccc4c3)nc2C)c(C)c1. The van der Waals surface area contributed by atoms with Gasteiger partial charge in [0.25, 0.3) is 5.91 Å².